The number of hydrogen-bond donors (Lipinski definition) is 0. The molecule has 1 spiro atoms. The molecule has 2 aromatic heterocycles. The fourth-order valence-corrected chi connectivity index (χ4v) is 8.92. The van der Waals surface area contributed by atoms with Crippen LogP contribution in [0.1, 0.15) is 22.4 Å². The summed E-state index contributed by atoms with van der Waals surface area (Å²) in [7, 11) is 0. The van der Waals surface area contributed by atoms with E-state index in [0.29, 0.717) is 0 Å². The molecule has 0 radical (unpaired) electrons. The van der Waals surface area contributed by atoms with E-state index in [1.807, 2.05) is 6.20 Å². The number of aromatic nitrogens is 2. The van der Waals surface area contributed by atoms with E-state index in [9.17, 15) is 0 Å². The summed E-state index contributed by atoms with van der Waals surface area (Å²) in [6.45, 7) is 0. The Bertz CT molecular complexity index is 2750. The van der Waals surface area contributed by atoms with Gasteiger partial charge in [0.25, 0.3) is 0 Å². The van der Waals surface area contributed by atoms with E-state index < -0.39 is 5.41 Å². The molecule has 0 bridgehead atoms. The zero-order chi connectivity index (χ0) is 33.5. The van der Waals surface area contributed by atoms with Crippen LogP contribution in [0.3, 0.4) is 0 Å². The second kappa shape index (κ2) is 10.7. The van der Waals surface area contributed by atoms with E-state index in [1.165, 1.54) is 66.6 Å². The first kappa shape index (κ1) is 28.2. The van der Waals surface area contributed by atoms with Crippen LogP contribution in [0, 0.1) is 0 Å². The summed E-state index contributed by atoms with van der Waals surface area (Å²) in [6, 6.07) is 63.9. The maximum atomic E-state index is 5.69. The Morgan fingerprint density at radius 2 is 0.882 bits per heavy atom. The first-order chi connectivity index (χ1) is 25.3. The summed E-state index contributed by atoms with van der Waals surface area (Å²) >= 11 is 0. The van der Waals surface area contributed by atoms with Crippen LogP contribution in [0.15, 0.2) is 182 Å². The highest BCUT2D eigenvalue weighted by molar-refractivity contribution is 6.15. The summed E-state index contributed by atoms with van der Waals surface area (Å²) in [4.78, 5) is 10.8. The molecule has 0 atom stereocenters. The van der Waals surface area contributed by atoms with Crippen LogP contribution in [-0.4, -0.2) is 9.97 Å². The molecule has 0 saturated heterocycles. The Morgan fingerprint density at radius 3 is 1.49 bits per heavy atom. The number of fused-ring (bicyclic) bond motifs is 11. The molecule has 2 nitrogen and oxygen atoms in total. The lowest BCUT2D eigenvalue weighted by Gasteiger charge is -2.38. The first-order valence-corrected chi connectivity index (χ1v) is 17.6. The molecule has 11 rings (SSSR count). The minimum absolute atomic E-state index is 0.556. The molecule has 236 valence electrons. The largest absolute Gasteiger partial charge is 0.256 e. The van der Waals surface area contributed by atoms with Crippen molar-refractivity contribution in [3.8, 4) is 55.8 Å². The Morgan fingerprint density at radius 1 is 0.373 bits per heavy atom. The highest BCUT2D eigenvalue weighted by Gasteiger charge is 2.51. The van der Waals surface area contributed by atoms with Gasteiger partial charge in [0.15, 0.2) is 0 Å². The molecule has 2 heterocycles. The Balaban J connectivity index is 1.21. The molecule has 0 saturated carbocycles. The molecule has 0 fully saturated rings. The fourth-order valence-electron chi connectivity index (χ4n) is 8.92. The summed E-state index contributed by atoms with van der Waals surface area (Å²) < 4.78 is 0. The lowest BCUT2D eigenvalue weighted by atomic mass is 9.64. The molecule has 0 unspecified atom stereocenters. The smallest absolute Gasteiger partial charge is 0.0899 e. The SMILES string of the molecule is c1ccc(-c2cc(-c3ccccc3)cc(-c3ccc4nc5c6c(nccc6c4c3)-c3ccccc3C53c4ccccc4-c4ccccc43)c2)cc1. The van der Waals surface area contributed by atoms with Gasteiger partial charge in [0.1, 0.15) is 0 Å². The van der Waals surface area contributed by atoms with E-state index in [0.717, 1.165) is 33.2 Å². The van der Waals surface area contributed by atoms with Gasteiger partial charge in [0.05, 0.1) is 22.3 Å². The molecular formula is C49H30N2. The van der Waals surface area contributed by atoms with Crippen molar-refractivity contribution < 1.29 is 0 Å². The molecule has 2 aliphatic rings. The molecule has 0 aliphatic heterocycles. The molecule has 0 amide bonds. The maximum absolute atomic E-state index is 5.69. The average molecular weight is 647 g/mol. The van der Waals surface area contributed by atoms with Crippen LogP contribution in [-0.2, 0) is 5.41 Å². The van der Waals surface area contributed by atoms with E-state index in [2.05, 4.69) is 176 Å². The summed E-state index contributed by atoms with van der Waals surface area (Å²) in [5, 5.41) is 3.45. The summed E-state index contributed by atoms with van der Waals surface area (Å²) in [5.41, 5.74) is 17.2. The van der Waals surface area contributed by atoms with Crippen LogP contribution in [0.4, 0.5) is 0 Å². The monoisotopic (exact) mass is 646 g/mol. The molecule has 9 aromatic rings. The minimum atomic E-state index is -0.556. The highest BCUT2D eigenvalue weighted by atomic mass is 14.8. The zero-order valence-corrected chi connectivity index (χ0v) is 27.7. The normalized spacial score (nSPS) is 13.3. The molecule has 2 heteroatoms. The number of hydrogen-bond acceptors (Lipinski definition) is 2. The van der Waals surface area contributed by atoms with Gasteiger partial charge in [-0.25, -0.2) is 0 Å². The maximum Gasteiger partial charge on any atom is 0.0899 e. The Labute approximate surface area is 296 Å². The third kappa shape index (κ3) is 3.93. The van der Waals surface area contributed by atoms with Crippen molar-refractivity contribution in [3.05, 3.63) is 205 Å². The number of nitrogens with zero attached hydrogens (tertiary/aromatic N) is 2. The number of rotatable bonds is 3. The predicted molar refractivity (Wildman–Crippen MR) is 210 cm³/mol. The molecule has 2 aliphatic carbocycles. The van der Waals surface area contributed by atoms with Crippen LogP contribution < -0.4 is 0 Å². The van der Waals surface area contributed by atoms with Gasteiger partial charge in [0.2, 0.25) is 0 Å². The minimum Gasteiger partial charge on any atom is -0.256 e. The fraction of sp³-hybridized carbons (Fsp3) is 0.0204. The van der Waals surface area contributed by atoms with Gasteiger partial charge in [0, 0.05) is 22.5 Å². The lowest BCUT2D eigenvalue weighted by Crippen LogP contribution is -2.33. The van der Waals surface area contributed by atoms with Crippen molar-refractivity contribution in [2.24, 2.45) is 0 Å². The van der Waals surface area contributed by atoms with E-state index >= 15 is 0 Å². The van der Waals surface area contributed by atoms with Crippen molar-refractivity contribution in [1.82, 2.24) is 9.97 Å². The van der Waals surface area contributed by atoms with Crippen molar-refractivity contribution in [1.29, 1.82) is 0 Å². The van der Waals surface area contributed by atoms with Gasteiger partial charge < -0.3 is 0 Å². The first-order valence-electron chi connectivity index (χ1n) is 17.6. The zero-order valence-electron chi connectivity index (χ0n) is 27.7. The quantitative estimate of drug-likeness (QED) is 0.179. The topological polar surface area (TPSA) is 25.8 Å². The number of pyridine rings is 2. The molecule has 0 N–H and O–H groups in total. The second-order valence-corrected chi connectivity index (χ2v) is 13.7. The van der Waals surface area contributed by atoms with Crippen LogP contribution >= 0.6 is 0 Å². The molecular weight excluding hydrogens is 617 g/mol. The van der Waals surface area contributed by atoms with Gasteiger partial charge in [-0.1, -0.05) is 140 Å². The van der Waals surface area contributed by atoms with Gasteiger partial charge in [-0.15, -0.1) is 0 Å². The van der Waals surface area contributed by atoms with Crippen molar-refractivity contribution in [2.75, 3.05) is 0 Å². The third-order valence-corrected chi connectivity index (χ3v) is 11.1. The average Bonchev–Trinajstić information content (AvgIpc) is 3.51. The second-order valence-electron chi connectivity index (χ2n) is 13.7. The van der Waals surface area contributed by atoms with E-state index in [4.69, 9.17) is 9.97 Å². The van der Waals surface area contributed by atoms with E-state index in [-0.39, 0.29) is 0 Å². The van der Waals surface area contributed by atoms with Crippen molar-refractivity contribution in [2.45, 2.75) is 5.41 Å². The van der Waals surface area contributed by atoms with Crippen LogP contribution in [0.5, 0.6) is 0 Å². The lowest BCUT2D eigenvalue weighted by molar-refractivity contribution is 0.744. The molecule has 7 aromatic carbocycles. The van der Waals surface area contributed by atoms with Gasteiger partial charge in [-0.3, -0.25) is 9.97 Å². The van der Waals surface area contributed by atoms with E-state index in [1.54, 1.807) is 0 Å². The third-order valence-electron chi connectivity index (χ3n) is 11.1. The molecule has 51 heavy (non-hydrogen) atoms. The summed E-state index contributed by atoms with van der Waals surface area (Å²) in [6.07, 6.45) is 1.97. The van der Waals surface area contributed by atoms with Gasteiger partial charge in [-0.2, -0.15) is 0 Å². The van der Waals surface area contributed by atoms with Gasteiger partial charge >= 0.3 is 0 Å². The highest BCUT2D eigenvalue weighted by Crippen LogP contribution is 2.61. The predicted octanol–water partition coefficient (Wildman–Crippen LogP) is 12.1. The van der Waals surface area contributed by atoms with Gasteiger partial charge in [-0.05, 0) is 103 Å². The Hall–Kier alpha value is -6.64. The van der Waals surface area contributed by atoms with Crippen molar-refractivity contribution in [3.63, 3.8) is 0 Å². The summed E-state index contributed by atoms with van der Waals surface area (Å²) in [5.74, 6) is 0. The van der Waals surface area contributed by atoms with Crippen molar-refractivity contribution >= 4 is 21.7 Å². The van der Waals surface area contributed by atoms with Crippen LogP contribution in [0.2, 0.25) is 0 Å². The standard InChI is InChI=1S/C49H30N2/c1-3-13-31(14-4-1)34-27-35(32-15-5-2-6-16-32)29-36(28-34)33-23-24-45-41(30-33)39-25-26-50-47-40-19-9-12-22-44(40)49(48(51-45)46(39)47)42-20-10-7-17-37(42)38-18-8-11-21-43(38)49/h1-30H. The Kier molecular flexibility index (Phi) is 5.91. The number of benzene rings is 7. The van der Waals surface area contributed by atoms with Crippen LogP contribution in [0.25, 0.3) is 77.4 Å².